The van der Waals surface area contributed by atoms with Crippen LogP contribution < -0.4 is 4.74 Å². The Morgan fingerprint density at radius 3 is 2.41 bits per heavy atom. The Hall–Kier alpha value is -3.54. The fourth-order valence-corrected chi connectivity index (χ4v) is 3.19. The standard InChI is InChI=1S/C21H18N2O4/c24-17-9-18(25)20(19(10-17)27-13-16-7-3-4-8-22-16)21(26)23-11-14-5-1-2-6-15(14)12-23/h1-10,24-25H,11-13H2. The molecule has 1 aromatic heterocycles. The van der Waals surface area contributed by atoms with E-state index in [2.05, 4.69) is 4.98 Å². The Labute approximate surface area is 156 Å². The predicted molar refractivity (Wildman–Crippen MR) is 98.4 cm³/mol. The van der Waals surface area contributed by atoms with Crippen molar-refractivity contribution in [3.8, 4) is 17.2 Å². The number of phenolic OH excluding ortho intramolecular Hbond substituents is 2. The van der Waals surface area contributed by atoms with Crippen molar-refractivity contribution in [2.24, 2.45) is 0 Å². The van der Waals surface area contributed by atoms with Crippen molar-refractivity contribution in [2.45, 2.75) is 19.7 Å². The van der Waals surface area contributed by atoms with Crippen LogP contribution in [0.4, 0.5) is 0 Å². The molecule has 3 aromatic rings. The zero-order valence-electron chi connectivity index (χ0n) is 14.5. The van der Waals surface area contributed by atoms with Gasteiger partial charge in [-0.15, -0.1) is 0 Å². The number of ether oxygens (including phenoxy) is 1. The molecule has 6 heteroatoms. The molecule has 0 saturated carbocycles. The number of fused-ring (bicyclic) bond motifs is 1. The zero-order chi connectivity index (χ0) is 18.8. The van der Waals surface area contributed by atoms with E-state index < -0.39 is 0 Å². The van der Waals surface area contributed by atoms with Crippen LogP contribution in [0.5, 0.6) is 17.2 Å². The maximum absolute atomic E-state index is 13.1. The van der Waals surface area contributed by atoms with Gasteiger partial charge in [0.05, 0.1) is 5.69 Å². The molecule has 1 aliphatic heterocycles. The van der Waals surface area contributed by atoms with Crippen molar-refractivity contribution in [3.05, 3.63) is 83.2 Å². The lowest BCUT2D eigenvalue weighted by molar-refractivity contribution is 0.0743. The Balaban J connectivity index is 1.61. The Bertz CT molecular complexity index is 964. The molecule has 4 rings (SSSR count). The van der Waals surface area contributed by atoms with Crippen LogP contribution in [-0.4, -0.2) is 26.0 Å². The first-order valence-electron chi connectivity index (χ1n) is 8.56. The summed E-state index contributed by atoms with van der Waals surface area (Å²) in [5, 5.41) is 20.1. The first-order valence-corrected chi connectivity index (χ1v) is 8.56. The maximum atomic E-state index is 13.1. The van der Waals surface area contributed by atoms with Gasteiger partial charge in [-0.05, 0) is 23.3 Å². The lowest BCUT2D eigenvalue weighted by Crippen LogP contribution is -2.26. The molecule has 0 spiro atoms. The van der Waals surface area contributed by atoms with Gasteiger partial charge in [0.2, 0.25) is 0 Å². The molecule has 0 saturated heterocycles. The molecule has 6 nitrogen and oxygen atoms in total. The highest BCUT2D eigenvalue weighted by Crippen LogP contribution is 2.36. The van der Waals surface area contributed by atoms with Crippen molar-refractivity contribution >= 4 is 5.91 Å². The van der Waals surface area contributed by atoms with Gasteiger partial charge in [-0.3, -0.25) is 9.78 Å². The molecule has 2 heterocycles. The smallest absolute Gasteiger partial charge is 0.262 e. The number of rotatable bonds is 4. The molecular weight excluding hydrogens is 344 g/mol. The number of pyridine rings is 1. The summed E-state index contributed by atoms with van der Waals surface area (Å²) in [6, 6.07) is 15.7. The van der Waals surface area contributed by atoms with E-state index in [0.717, 1.165) is 17.2 Å². The molecule has 0 radical (unpaired) electrons. The number of aromatic hydroxyl groups is 2. The van der Waals surface area contributed by atoms with Crippen LogP contribution in [0.25, 0.3) is 0 Å². The summed E-state index contributed by atoms with van der Waals surface area (Å²) in [5.41, 5.74) is 2.88. The second-order valence-electron chi connectivity index (χ2n) is 6.38. The normalized spacial score (nSPS) is 12.7. The fraction of sp³-hybridized carbons (Fsp3) is 0.143. The van der Waals surface area contributed by atoms with Gasteiger partial charge in [0.15, 0.2) is 0 Å². The number of amides is 1. The molecule has 136 valence electrons. The third-order valence-electron chi connectivity index (χ3n) is 4.51. The van der Waals surface area contributed by atoms with E-state index in [-0.39, 0.29) is 35.3 Å². The highest BCUT2D eigenvalue weighted by Gasteiger charge is 2.29. The van der Waals surface area contributed by atoms with E-state index in [4.69, 9.17) is 4.74 Å². The number of hydrogen-bond donors (Lipinski definition) is 2. The van der Waals surface area contributed by atoms with E-state index in [0.29, 0.717) is 18.8 Å². The van der Waals surface area contributed by atoms with Gasteiger partial charge >= 0.3 is 0 Å². The molecule has 0 bridgehead atoms. The fourth-order valence-electron chi connectivity index (χ4n) is 3.19. The molecule has 0 aliphatic carbocycles. The lowest BCUT2D eigenvalue weighted by Gasteiger charge is -2.19. The Morgan fingerprint density at radius 1 is 1.04 bits per heavy atom. The molecule has 0 fully saturated rings. The quantitative estimate of drug-likeness (QED) is 0.745. The highest BCUT2D eigenvalue weighted by atomic mass is 16.5. The summed E-state index contributed by atoms with van der Waals surface area (Å²) in [6.07, 6.45) is 1.64. The van der Waals surface area contributed by atoms with Crippen molar-refractivity contribution in [1.29, 1.82) is 0 Å². The lowest BCUT2D eigenvalue weighted by atomic mass is 10.1. The maximum Gasteiger partial charge on any atom is 0.262 e. The Morgan fingerprint density at radius 2 is 1.74 bits per heavy atom. The third-order valence-corrected chi connectivity index (χ3v) is 4.51. The minimum absolute atomic E-state index is 0.0385. The van der Waals surface area contributed by atoms with E-state index in [1.165, 1.54) is 6.07 Å². The van der Waals surface area contributed by atoms with Crippen LogP contribution in [0.1, 0.15) is 27.2 Å². The van der Waals surface area contributed by atoms with E-state index in [9.17, 15) is 15.0 Å². The SMILES string of the molecule is O=C(c1c(O)cc(O)cc1OCc1ccccn1)N1Cc2ccccc2C1. The van der Waals surface area contributed by atoms with Crippen molar-refractivity contribution in [3.63, 3.8) is 0 Å². The highest BCUT2D eigenvalue weighted by molar-refractivity contribution is 6.00. The van der Waals surface area contributed by atoms with Crippen LogP contribution in [0, 0.1) is 0 Å². The number of hydrogen-bond acceptors (Lipinski definition) is 5. The number of aromatic nitrogens is 1. The van der Waals surface area contributed by atoms with Crippen LogP contribution >= 0.6 is 0 Å². The molecule has 0 atom stereocenters. The molecule has 1 amide bonds. The van der Waals surface area contributed by atoms with Gasteiger partial charge in [-0.25, -0.2) is 0 Å². The number of benzene rings is 2. The summed E-state index contributed by atoms with van der Waals surface area (Å²) < 4.78 is 5.71. The van der Waals surface area contributed by atoms with Gasteiger partial charge in [0, 0.05) is 31.4 Å². The van der Waals surface area contributed by atoms with Crippen LogP contribution in [0.2, 0.25) is 0 Å². The van der Waals surface area contributed by atoms with Gasteiger partial charge in [-0.2, -0.15) is 0 Å². The average Bonchev–Trinajstić information content (AvgIpc) is 3.10. The second-order valence-corrected chi connectivity index (χ2v) is 6.38. The number of carbonyl (C=O) groups is 1. The topological polar surface area (TPSA) is 82.9 Å². The van der Waals surface area contributed by atoms with Crippen LogP contribution in [-0.2, 0) is 19.7 Å². The molecule has 2 aromatic carbocycles. The largest absolute Gasteiger partial charge is 0.508 e. The molecule has 2 N–H and O–H groups in total. The van der Waals surface area contributed by atoms with Gasteiger partial charge in [-0.1, -0.05) is 30.3 Å². The monoisotopic (exact) mass is 362 g/mol. The number of phenols is 2. The molecule has 1 aliphatic rings. The summed E-state index contributed by atoms with van der Waals surface area (Å²) >= 11 is 0. The van der Waals surface area contributed by atoms with E-state index in [1.807, 2.05) is 30.3 Å². The Kier molecular flexibility index (Phi) is 4.38. The number of carbonyl (C=O) groups excluding carboxylic acids is 1. The van der Waals surface area contributed by atoms with Crippen LogP contribution in [0.3, 0.4) is 0 Å². The number of nitrogens with zero attached hydrogens (tertiary/aromatic N) is 2. The molecule has 0 unspecified atom stereocenters. The minimum atomic E-state index is -0.347. The summed E-state index contributed by atoms with van der Waals surface area (Å²) in [5.74, 6) is -0.712. The van der Waals surface area contributed by atoms with Gasteiger partial charge in [0.25, 0.3) is 5.91 Å². The third kappa shape index (κ3) is 3.42. The average molecular weight is 362 g/mol. The van der Waals surface area contributed by atoms with Gasteiger partial charge in [0.1, 0.15) is 29.4 Å². The first kappa shape index (κ1) is 16.9. The van der Waals surface area contributed by atoms with Crippen molar-refractivity contribution < 1.29 is 19.7 Å². The summed E-state index contributed by atoms with van der Waals surface area (Å²) in [4.78, 5) is 18.9. The van der Waals surface area contributed by atoms with Crippen molar-refractivity contribution in [1.82, 2.24) is 9.88 Å². The minimum Gasteiger partial charge on any atom is -0.508 e. The van der Waals surface area contributed by atoms with Gasteiger partial charge < -0.3 is 19.8 Å². The van der Waals surface area contributed by atoms with Crippen molar-refractivity contribution in [2.75, 3.05) is 0 Å². The molecule has 27 heavy (non-hydrogen) atoms. The van der Waals surface area contributed by atoms with Crippen LogP contribution in [0.15, 0.2) is 60.8 Å². The summed E-state index contributed by atoms with van der Waals surface area (Å²) in [7, 11) is 0. The second kappa shape index (κ2) is 6.99. The van der Waals surface area contributed by atoms with E-state index in [1.54, 1.807) is 23.2 Å². The van der Waals surface area contributed by atoms with E-state index >= 15 is 0 Å². The zero-order valence-corrected chi connectivity index (χ0v) is 14.5. The molecular formula is C21H18N2O4. The first-order chi connectivity index (χ1) is 13.1. The predicted octanol–water partition coefficient (Wildman–Crippen LogP) is 3.23. The summed E-state index contributed by atoms with van der Waals surface area (Å²) in [6.45, 7) is 1.05.